The fourth-order valence-corrected chi connectivity index (χ4v) is 3.18. The Morgan fingerprint density at radius 1 is 0.889 bits per heavy atom. The van der Waals surface area contributed by atoms with Crippen molar-refractivity contribution in [1.29, 1.82) is 0 Å². The van der Waals surface area contributed by atoms with Crippen LogP contribution in [0.2, 0.25) is 0 Å². The molecule has 5 heteroatoms. The molecule has 5 nitrogen and oxygen atoms in total. The van der Waals surface area contributed by atoms with E-state index in [9.17, 15) is 14.4 Å². The molecule has 1 amide bonds. The summed E-state index contributed by atoms with van der Waals surface area (Å²) in [6.45, 7) is 1.56. The van der Waals surface area contributed by atoms with Crippen LogP contribution in [0.1, 0.15) is 58.9 Å². The number of carbonyl (C=O) groups excluding carboxylic acids is 3. The molecule has 0 bridgehead atoms. The smallest absolute Gasteiger partial charge is 0.338 e. The minimum atomic E-state index is -0.858. The third-order valence-corrected chi connectivity index (χ3v) is 4.77. The maximum atomic E-state index is 12.4. The van der Waals surface area contributed by atoms with Gasteiger partial charge in [0.1, 0.15) is 0 Å². The lowest BCUT2D eigenvalue weighted by Crippen LogP contribution is -2.40. The van der Waals surface area contributed by atoms with Gasteiger partial charge in [-0.05, 0) is 31.9 Å². The Morgan fingerprint density at radius 3 is 2.07 bits per heavy atom. The van der Waals surface area contributed by atoms with E-state index in [1.807, 2.05) is 6.07 Å². The van der Waals surface area contributed by atoms with Crippen molar-refractivity contribution < 1.29 is 19.1 Å². The van der Waals surface area contributed by atoms with Gasteiger partial charge >= 0.3 is 5.97 Å². The molecule has 0 unspecified atom stereocenters. The number of rotatable bonds is 6. The van der Waals surface area contributed by atoms with Gasteiger partial charge in [-0.25, -0.2) is 4.79 Å². The van der Waals surface area contributed by atoms with Crippen molar-refractivity contribution in [2.75, 3.05) is 0 Å². The highest BCUT2D eigenvalue weighted by atomic mass is 16.5. The summed E-state index contributed by atoms with van der Waals surface area (Å²) in [5, 5.41) is 2.92. The van der Waals surface area contributed by atoms with Crippen LogP contribution >= 0.6 is 0 Å². The Labute approximate surface area is 158 Å². The van der Waals surface area contributed by atoms with Crippen LogP contribution in [0.3, 0.4) is 0 Å². The Hall–Kier alpha value is -2.95. The van der Waals surface area contributed by atoms with E-state index in [-0.39, 0.29) is 17.7 Å². The maximum Gasteiger partial charge on any atom is 0.338 e. The number of ketones is 1. The first kappa shape index (κ1) is 18.8. The van der Waals surface area contributed by atoms with Gasteiger partial charge in [0.2, 0.25) is 0 Å². The first-order valence-corrected chi connectivity index (χ1v) is 9.26. The molecule has 0 saturated heterocycles. The van der Waals surface area contributed by atoms with Gasteiger partial charge in [-0.1, -0.05) is 55.3 Å². The number of benzene rings is 2. The summed E-state index contributed by atoms with van der Waals surface area (Å²) >= 11 is 0. The molecule has 27 heavy (non-hydrogen) atoms. The van der Waals surface area contributed by atoms with Crippen LogP contribution in [0.4, 0.5) is 0 Å². The van der Waals surface area contributed by atoms with E-state index in [1.54, 1.807) is 55.5 Å². The van der Waals surface area contributed by atoms with Crippen LogP contribution < -0.4 is 5.32 Å². The predicted molar refractivity (Wildman–Crippen MR) is 102 cm³/mol. The molecule has 1 N–H and O–H groups in total. The third kappa shape index (κ3) is 4.82. The largest absolute Gasteiger partial charge is 0.449 e. The summed E-state index contributed by atoms with van der Waals surface area (Å²) in [7, 11) is 0. The molecule has 140 valence electrons. The quantitative estimate of drug-likeness (QED) is 0.628. The molecule has 1 atom stereocenters. The van der Waals surface area contributed by atoms with Crippen molar-refractivity contribution in [2.45, 2.75) is 44.8 Å². The Morgan fingerprint density at radius 2 is 1.44 bits per heavy atom. The van der Waals surface area contributed by atoms with Gasteiger partial charge in [0.05, 0.1) is 5.56 Å². The van der Waals surface area contributed by atoms with Crippen LogP contribution in [-0.2, 0) is 9.53 Å². The van der Waals surface area contributed by atoms with Crippen molar-refractivity contribution in [3.8, 4) is 0 Å². The van der Waals surface area contributed by atoms with Crippen molar-refractivity contribution in [1.82, 2.24) is 5.32 Å². The first-order chi connectivity index (χ1) is 13.0. The van der Waals surface area contributed by atoms with Crippen molar-refractivity contribution >= 4 is 17.7 Å². The molecule has 0 aliphatic heterocycles. The lowest BCUT2D eigenvalue weighted by atomic mass is 10.0. The minimum absolute atomic E-state index is 0.111. The van der Waals surface area contributed by atoms with E-state index in [2.05, 4.69) is 5.32 Å². The molecule has 0 heterocycles. The number of amides is 1. The lowest BCUT2D eigenvalue weighted by Gasteiger charge is -2.17. The Balaban J connectivity index is 1.58. The average Bonchev–Trinajstić information content (AvgIpc) is 3.21. The summed E-state index contributed by atoms with van der Waals surface area (Å²) in [6, 6.07) is 15.4. The number of hydrogen-bond acceptors (Lipinski definition) is 4. The van der Waals surface area contributed by atoms with E-state index in [0.29, 0.717) is 16.7 Å². The molecule has 0 aromatic heterocycles. The predicted octanol–water partition coefficient (Wildman–Crippen LogP) is 3.52. The topological polar surface area (TPSA) is 72.5 Å². The average molecular weight is 365 g/mol. The summed E-state index contributed by atoms with van der Waals surface area (Å²) in [5.41, 5.74) is 1.38. The van der Waals surface area contributed by atoms with Crippen molar-refractivity contribution in [2.24, 2.45) is 0 Å². The molecular weight excluding hydrogens is 342 g/mol. The number of esters is 1. The second-order valence-corrected chi connectivity index (χ2v) is 6.81. The highest BCUT2D eigenvalue weighted by Gasteiger charge is 2.23. The van der Waals surface area contributed by atoms with E-state index in [0.717, 1.165) is 25.7 Å². The molecule has 1 aliphatic carbocycles. The lowest BCUT2D eigenvalue weighted by molar-refractivity contribution is -0.129. The Bertz CT molecular complexity index is 808. The summed E-state index contributed by atoms with van der Waals surface area (Å²) in [6.07, 6.45) is 3.33. The first-order valence-electron chi connectivity index (χ1n) is 9.26. The van der Waals surface area contributed by atoms with Gasteiger partial charge in [0.15, 0.2) is 11.9 Å². The van der Waals surface area contributed by atoms with Gasteiger partial charge in [-0.15, -0.1) is 0 Å². The SMILES string of the molecule is C[C@H](OC(=O)c1ccc(C(=O)c2ccccc2)cc1)C(=O)NC1CCCC1. The maximum absolute atomic E-state index is 12.4. The molecule has 0 radical (unpaired) electrons. The van der Waals surface area contributed by atoms with E-state index < -0.39 is 12.1 Å². The van der Waals surface area contributed by atoms with Gasteiger partial charge in [0.25, 0.3) is 5.91 Å². The van der Waals surface area contributed by atoms with Crippen LogP contribution in [0.25, 0.3) is 0 Å². The van der Waals surface area contributed by atoms with E-state index in [4.69, 9.17) is 4.74 Å². The standard InChI is InChI=1S/C22H23NO4/c1-15(21(25)23-19-9-5-6-10-19)27-22(26)18-13-11-17(12-14-18)20(24)16-7-3-2-4-8-16/h2-4,7-8,11-15,19H,5-6,9-10H2,1H3,(H,23,25)/t15-/m0/s1. The van der Waals surface area contributed by atoms with Crippen LogP contribution in [0.5, 0.6) is 0 Å². The highest BCUT2D eigenvalue weighted by molar-refractivity contribution is 6.09. The number of hydrogen-bond donors (Lipinski definition) is 1. The third-order valence-electron chi connectivity index (χ3n) is 4.77. The highest BCUT2D eigenvalue weighted by Crippen LogP contribution is 2.18. The zero-order valence-electron chi connectivity index (χ0n) is 15.3. The van der Waals surface area contributed by atoms with Crippen LogP contribution in [0, 0.1) is 0 Å². The Kier molecular flexibility index (Phi) is 6.01. The molecule has 1 fully saturated rings. The van der Waals surface area contributed by atoms with Gasteiger partial charge in [-0.2, -0.15) is 0 Å². The number of nitrogens with one attached hydrogen (secondary N) is 1. The van der Waals surface area contributed by atoms with Gasteiger partial charge < -0.3 is 10.1 Å². The second kappa shape index (κ2) is 8.62. The summed E-state index contributed by atoms with van der Waals surface area (Å²) in [5.74, 6) is -0.964. The molecule has 0 spiro atoms. The normalized spacial score (nSPS) is 15.1. The van der Waals surface area contributed by atoms with Crippen LogP contribution in [0.15, 0.2) is 54.6 Å². The molecule has 3 rings (SSSR count). The van der Waals surface area contributed by atoms with Crippen molar-refractivity contribution in [3.05, 3.63) is 71.3 Å². The summed E-state index contributed by atoms with van der Waals surface area (Å²) < 4.78 is 5.26. The number of ether oxygens (including phenoxy) is 1. The molecule has 1 saturated carbocycles. The fraction of sp³-hybridized carbons (Fsp3) is 0.318. The molecule has 1 aliphatic rings. The van der Waals surface area contributed by atoms with Gasteiger partial charge in [-0.3, -0.25) is 9.59 Å². The second-order valence-electron chi connectivity index (χ2n) is 6.81. The minimum Gasteiger partial charge on any atom is -0.449 e. The van der Waals surface area contributed by atoms with E-state index >= 15 is 0 Å². The van der Waals surface area contributed by atoms with E-state index in [1.165, 1.54) is 0 Å². The monoisotopic (exact) mass is 365 g/mol. The zero-order chi connectivity index (χ0) is 19.2. The molecule has 2 aromatic carbocycles. The number of carbonyl (C=O) groups is 3. The summed E-state index contributed by atoms with van der Waals surface area (Å²) in [4.78, 5) is 36.8. The van der Waals surface area contributed by atoms with Crippen LogP contribution in [-0.4, -0.2) is 29.8 Å². The molecular formula is C22H23NO4. The molecule has 2 aromatic rings. The fourth-order valence-electron chi connectivity index (χ4n) is 3.18. The van der Waals surface area contributed by atoms with Crippen molar-refractivity contribution in [3.63, 3.8) is 0 Å². The van der Waals surface area contributed by atoms with Gasteiger partial charge in [0, 0.05) is 17.2 Å². The zero-order valence-corrected chi connectivity index (χ0v) is 15.3.